The van der Waals surface area contributed by atoms with Crippen LogP contribution in [0.1, 0.15) is 89.7 Å². The number of nitrogens with zero attached hydrogens (tertiary/aromatic N) is 3. The van der Waals surface area contributed by atoms with Crippen molar-refractivity contribution < 1.29 is 53.4 Å². The van der Waals surface area contributed by atoms with Gasteiger partial charge in [-0.15, -0.1) is 0 Å². The maximum Gasteiger partial charge on any atom is 0.352 e. The molecule has 29 heteroatoms. The standard InChI is InChI=1S/C44H78N18O11/c1-25(56-41(70)35(33(63)14-18-48)61-37(66)27(49)9-2-4-15-45)36(65)54-23-34(64)57-29(11-6-17-47)42(71)62-20-8-13-32(62)40(69)60-31(21-26-22-52-24-55-26)39(68)58-28(10-3-5-16-46)38(67)59-30(43(72)73)12-7-19-53-44(50)51/h12,22,24-25,27-29,31-33,35,63H,2-11,13-21,23,45-49H2,1H3,(H,52,55)(H,54,65)(H,56,70)(H,57,64)(H,58,68)(H,59,67)(H,60,69)(H,61,66)(H,72,73)(H4,50,51,53)/b30-12-/t25-,27-,28-,29+,31-,32-,33-,35-/m0/s1. The molecule has 0 saturated carbocycles. The van der Waals surface area contributed by atoms with E-state index in [9.17, 15) is 53.4 Å². The van der Waals surface area contributed by atoms with Crippen LogP contribution < -0.4 is 77.4 Å². The Kier molecular flexibility index (Phi) is 28.8. The monoisotopic (exact) mass is 1030 g/mol. The number of guanidine groups is 1. The number of rotatable bonds is 35. The minimum absolute atomic E-state index is 0.0222. The lowest BCUT2D eigenvalue weighted by Crippen LogP contribution is -2.59. The number of H-pyrrole nitrogens is 1. The maximum absolute atomic E-state index is 14.2. The van der Waals surface area contributed by atoms with Crippen LogP contribution in [0.3, 0.4) is 0 Å². The van der Waals surface area contributed by atoms with Crippen LogP contribution >= 0.6 is 0 Å². The third-order valence-corrected chi connectivity index (χ3v) is 11.5. The molecule has 1 aliphatic heterocycles. The van der Waals surface area contributed by atoms with E-state index in [2.05, 4.69) is 52.2 Å². The van der Waals surface area contributed by atoms with E-state index < -0.39 is 114 Å². The number of aliphatic imine (C=N–C) groups is 1. The van der Waals surface area contributed by atoms with Crippen molar-refractivity contribution in [1.82, 2.24) is 52.1 Å². The molecule has 1 fully saturated rings. The molecule has 0 unspecified atom stereocenters. The van der Waals surface area contributed by atoms with E-state index >= 15 is 0 Å². The SMILES string of the molecule is C[C@H](NC(=O)[C@@H](NC(=O)[C@@H](N)CCCCN)[C@@H](O)CCN)C(=O)NCC(=O)N[C@H](CCCN)C(=O)N1CCC[C@H]1C(=O)N[C@@H](Cc1cnc[nH]1)C(=O)N[C@@H](CCCCN)C(=O)N/C(=C\CCN=C(N)N)C(=O)O. The fraction of sp³-hybridized carbons (Fsp3) is 0.659. The van der Waals surface area contributed by atoms with Gasteiger partial charge in [-0.2, -0.15) is 0 Å². The number of carboxylic acids is 1. The topological polar surface area (TPSA) is 505 Å². The summed E-state index contributed by atoms with van der Waals surface area (Å²) in [6.45, 7) is 1.61. The number of carbonyl (C=O) groups is 9. The molecule has 1 saturated heterocycles. The van der Waals surface area contributed by atoms with Crippen LogP contribution in [0.4, 0.5) is 0 Å². The molecular weight excluding hydrogens is 957 g/mol. The Morgan fingerprint density at radius 1 is 0.795 bits per heavy atom. The Labute approximate surface area is 423 Å². The number of unbranched alkanes of at least 4 members (excludes halogenated alkanes) is 2. The molecule has 24 N–H and O–H groups in total. The number of aromatic nitrogens is 2. The number of aromatic amines is 1. The summed E-state index contributed by atoms with van der Waals surface area (Å²) in [6.07, 6.45) is 5.67. The number of aliphatic hydroxyl groups excluding tert-OH is 1. The largest absolute Gasteiger partial charge is 0.477 e. The van der Waals surface area contributed by atoms with Crippen LogP contribution in [0.5, 0.6) is 0 Å². The second kappa shape index (κ2) is 33.8. The van der Waals surface area contributed by atoms with Gasteiger partial charge in [0.05, 0.1) is 25.0 Å². The molecule has 0 bridgehead atoms. The van der Waals surface area contributed by atoms with Crippen molar-refractivity contribution in [2.75, 3.05) is 45.8 Å². The van der Waals surface area contributed by atoms with Crippen LogP contribution in [-0.2, 0) is 49.6 Å². The van der Waals surface area contributed by atoms with Gasteiger partial charge in [-0.25, -0.2) is 9.78 Å². The zero-order chi connectivity index (χ0) is 54.5. The number of aliphatic hydroxyl groups is 1. The molecule has 8 amide bonds. The van der Waals surface area contributed by atoms with Gasteiger partial charge in [0.2, 0.25) is 47.3 Å². The predicted molar refractivity (Wildman–Crippen MR) is 266 cm³/mol. The minimum atomic E-state index is -1.51. The van der Waals surface area contributed by atoms with E-state index in [1.165, 1.54) is 30.4 Å². The number of carbonyl (C=O) groups excluding carboxylic acids is 8. The zero-order valence-electron chi connectivity index (χ0n) is 41.4. The number of hydrogen-bond donors (Lipinski definition) is 17. The predicted octanol–water partition coefficient (Wildman–Crippen LogP) is -6.71. The Morgan fingerprint density at radius 2 is 1.47 bits per heavy atom. The molecule has 1 aliphatic rings. The first kappa shape index (κ1) is 62.3. The van der Waals surface area contributed by atoms with Gasteiger partial charge in [0.25, 0.3) is 0 Å². The summed E-state index contributed by atoms with van der Waals surface area (Å²) in [4.78, 5) is 132. The molecule has 0 radical (unpaired) electrons. The third-order valence-electron chi connectivity index (χ3n) is 11.5. The van der Waals surface area contributed by atoms with E-state index in [0.717, 1.165) is 0 Å². The lowest BCUT2D eigenvalue weighted by atomic mass is 10.0. The second-order valence-electron chi connectivity index (χ2n) is 17.4. The first-order valence-corrected chi connectivity index (χ1v) is 24.4. The maximum atomic E-state index is 14.2. The molecule has 410 valence electrons. The number of nitrogens with two attached hydrogens (primary N) is 7. The van der Waals surface area contributed by atoms with Crippen molar-refractivity contribution in [3.8, 4) is 0 Å². The summed E-state index contributed by atoms with van der Waals surface area (Å²) in [5, 5.41) is 37.9. The molecular formula is C44H78N18O11. The molecule has 1 aromatic rings. The Hall–Kier alpha value is -6.79. The van der Waals surface area contributed by atoms with E-state index in [1.54, 1.807) is 0 Å². The van der Waals surface area contributed by atoms with Gasteiger partial charge >= 0.3 is 5.97 Å². The summed E-state index contributed by atoms with van der Waals surface area (Å²) in [7, 11) is 0. The summed E-state index contributed by atoms with van der Waals surface area (Å²) in [5.41, 5.74) is 39.1. The number of imidazole rings is 1. The average Bonchev–Trinajstić information content (AvgIpc) is 4.07. The van der Waals surface area contributed by atoms with Gasteiger partial charge in [-0.3, -0.25) is 43.3 Å². The van der Waals surface area contributed by atoms with Crippen molar-refractivity contribution in [1.29, 1.82) is 0 Å². The summed E-state index contributed by atoms with van der Waals surface area (Å²) in [6, 6.07) is -8.73. The minimum Gasteiger partial charge on any atom is -0.477 e. The van der Waals surface area contributed by atoms with Crippen LogP contribution in [-0.4, -0.2) is 178 Å². The van der Waals surface area contributed by atoms with Gasteiger partial charge in [0.1, 0.15) is 41.9 Å². The molecule has 2 heterocycles. The highest BCUT2D eigenvalue weighted by atomic mass is 16.4. The fourth-order valence-electron chi connectivity index (χ4n) is 7.53. The van der Waals surface area contributed by atoms with Crippen molar-refractivity contribution in [2.45, 2.75) is 139 Å². The van der Waals surface area contributed by atoms with Crippen molar-refractivity contribution >= 4 is 59.2 Å². The Balaban J connectivity index is 2.20. The van der Waals surface area contributed by atoms with Crippen LogP contribution in [0.25, 0.3) is 0 Å². The highest BCUT2D eigenvalue weighted by Crippen LogP contribution is 2.20. The third kappa shape index (κ3) is 22.7. The zero-order valence-corrected chi connectivity index (χ0v) is 41.4. The number of aliphatic carboxylic acids is 1. The van der Waals surface area contributed by atoms with E-state index in [1.807, 2.05) is 0 Å². The number of carboxylic acid groups (broad SMARTS) is 1. The fourth-order valence-corrected chi connectivity index (χ4v) is 7.53. The van der Waals surface area contributed by atoms with Crippen LogP contribution in [0.15, 0.2) is 29.3 Å². The van der Waals surface area contributed by atoms with Gasteiger partial charge in [0, 0.05) is 31.4 Å². The molecule has 2 rings (SSSR count). The molecule has 0 spiro atoms. The highest BCUT2D eigenvalue weighted by molar-refractivity contribution is 5.99. The number of likely N-dealkylation sites (tertiary alicyclic amines) is 1. The lowest BCUT2D eigenvalue weighted by molar-refractivity contribution is -0.142. The first-order chi connectivity index (χ1) is 34.8. The smallest absolute Gasteiger partial charge is 0.352 e. The number of nitrogens with one attached hydrogen (secondary N) is 8. The quantitative estimate of drug-likeness (QED) is 0.0130. The van der Waals surface area contributed by atoms with E-state index in [-0.39, 0.29) is 90.0 Å². The normalized spacial score (nSPS) is 16.3. The lowest BCUT2D eigenvalue weighted by Gasteiger charge is -2.30. The Bertz CT molecular complexity index is 2020. The van der Waals surface area contributed by atoms with Crippen LogP contribution in [0.2, 0.25) is 0 Å². The number of hydrogen-bond acceptors (Lipinski definition) is 17. The Morgan fingerprint density at radius 3 is 2.08 bits per heavy atom. The van der Waals surface area contributed by atoms with Crippen molar-refractivity contribution in [3.05, 3.63) is 30.0 Å². The van der Waals surface area contributed by atoms with Gasteiger partial charge in [-0.1, -0.05) is 12.5 Å². The molecule has 73 heavy (non-hydrogen) atoms. The molecule has 1 aromatic heterocycles. The highest BCUT2D eigenvalue weighted by Gasteiger charge is 2.40. The summed E-state index contributed by atoms with van der Waals surface area (Å²) >= 11 is 0. The van der Waals surface area contributed by atoms with Crippen LogP contribution in [0, 0.1) is 0 Å². The van der Waals surface area contributed by atoms with E-state index in [0.29, 0.717) is 44.3 Å². The molecule has 29 nitrogen and oxygen atoms in total. The van der Waals surface area contributed by atoms with Crippen molar-refractivity contribution in [2.24, 2.45) is 45.1 Å². The van der Waals surface area contributed by atoms with Gasteiger partial charge in [-0.05, 0) is 104 Å². The van der Waals surface area contributed by atoms with Gasteiger partial charge < -0.3 is 97.5 Å². The number of amides is 8. The van der Waals surface area contributed by atoms with E-state index in [4.69, 9.17) is 40.1 Å². The first-order valence-electron chi connectivity index (χ1n) is 24.4. The van der Waals surface area contributed by atoms with Gasteiger partial charge in [0.15, 0.2) is 5.96 Å². The molecule has 0 aromatic carbocycles. The average molecular weight is 1040 g/mol. The summed E-state index contributed by atoms with van der Waals surface area (Å²) in [5.74, 6) is -7.92. The molecule has 8 atom stereocenters. The summed E-state index contributed by atoms with van der Waals surface area (Å²) < 4.78 is 0. The molecule has 0 aliphatic carbocycles. The van der Waals surface area contributed by atoms with Crippen molar-refractivity contribution in [3.63, 3.8) is 0 Å². The second-order valence-corrected chi connectivity index (χ2v) is 17.4.